The van der Waals surface area contributed by atoms with Crippen molar-refractivity contribution in [2.24, 2.45) is 0 Å². The number of benzene rings is 2. The van der Waals surface area contributed by atoms with Crippen molar-refractivity contribution in [3.63, 3.8) is 0 Å². The van der Waals surface area contributed by atoms with Gasteiger partial charge in [0.25, 0.3) is 5.91 Å². The van der Waals surface area contributed by atoms with Crippen LogP contribution in [-0.4, -0.2) is 35.8 Å². The Bertz CT molecular complexity index is 1180. The van der Waals surface area contributed by atoms with Gasteiger partial charge in [0, 0.05) is 12.2 Å². The predicted molar refractivity (Wildman–Crippen MR) is 125 cm³/mol. The molecule has 7 nitrogen and oxygen atoms in total. The van der Waals surface area contributed by atoms with Crippen molar-refractivity contribution in [1.29, 1.82) is 5.26 Å². The summed E-state index contributed by atoms with van der Waals surface area (Å²) in [6.07, 6.45) is 3.23. The first-order valence-electron chi connectivity index (χ1n) is 11.3. The van der Waals surface area contributed by atoms with Gasteiger partial charge in [-0.2, -0.15) is 5.26 Å². The van der Waals surface area contributed by atoms with E-state index < -0.39 is 23.4 Å². The summed E-state index contributed by atoms with van der Waals surface area (Å²) in [6, 6.07) is 13.0. The van der Waals surface area contributed by atoms with E-state index in [0.717, 1.165) is 40.9 Å². The Labute approximate surface area is 194 Å². The highest BCUT2D eigenvalue weighted by molar-refractivity contribution is 6.10. The topological polar surface area (TPSA) is 93.5 Å². The van der Waals surface area contributed by atoms with Gasteiger partial charge in [-0.25, -0.2) is 4.79 Å². The number of rotatable bonds is 6. The number of carbonyl (C=O) groups excluding carboxylic acids is 3. The lowest BCUT2D eigenvalue weighted by molar-refractivity contribution is -0.134. The van der Waals surface area contributed by atoms with Crippen molar-refractivity contribution in [2.75, 3.05) is 18.0 Å². The minimum Gasteiger partial charge on any atom is -0.319 e. The molecule has 4 rings (SSSR count). The SMILES string of the molecule is Cc1ccc(N(CCC#N)C(=O)CN2C(=O)NC(C)(c3ccc4c(c3)CCC4)C2=O)cc1C. The Morgan fingerprint density at radius 2 is 1.88 bits per heavy atom. The number of carbonyl (C=O) groups is 3. The molecule has 2 aromatic rings. The second-order valence-electron chi connectivity index (χ2n) is 9.01. The van der Waals surface area contributed by atoms with E-state index in [4.69, 9.17) is 5.26 Å². The van der Waals surface area contributed by atoms with Gasteiger partial charge in [0.05, 0.1) is 12.5 Å². The number of nitrogens with zero attached hydrogens (tertiary/aromatic N) is 3. The van der Waals surface area contributed by atoms with Crippen LogP contribution in [0.25, 0.3) is 0 Å². The molecule has 1 fully saturated rings. The fourth-order valence-corrected chi connectivity index (χ4v) is 4.59. The zero-order chi connectivity index (χ0) is 23.8. The number of hydrogen-bond donors (Lipinski definition) is 1. The monoisotopic (exact) mass is 444 g/mol. The van der Waals surface area contributed by atoms with E-state index in [1.165, 1.54) is 16.0 Å². The highest BCUT2D eigenvalue weighted by Gasteiger charge is 2.50. The van der Waals surface area contributed by atoms with Gasteiger partial charge in [-0.15, -0.1) is 0 Å². The number of aryl methyl sites for hydroxylation is 4. The minimum absolute atomic E-state index is 0.144. The van der Waals surface area contributed by atoms with Gasteiger partial charge in [0.15, 0.2) is 0 Å². The maximum atomic E-state index is 13.4. The van der Waals surface area contributed by atoms with Crippen LogP contribution in [0.1, 0.15) is 47.6 Å². The Morgan fingerprint density at radius 1 is 1.12 bits per heavy atom. The molecule has 0 saturated carbocycles. The van der Waals surface area contributed by atoms with E-state index in [9.17, 15) is 14.4 Å². The van der Waals surface area contributed by atoms with Crippen LogP contribution >= 0.6 is 0 Å². The summed E-state index contributed by atoms with van der Waals surface area (Å²) in [4.78, 5) is 41.8. The normalized spacial score (nSPS) is 19.3. The lowest BCUT2D eigenvalue weighted by Gasteiger charge is -2.26. The number of anilines is 1. The van der Waals surface area contributed by atoms with Crippen molar-refractivity contribution in [3.05, 3.63) is 64.2 Å². The summed E-state index contributed by atoms with van der Waals surface area (Å²) >= 11 is 0. The smallest absolute Gasteiger partial charge is 0.319 e. The molecule has 1 aliphatic heterocycles. The molecular formula is C26H28N4O3. The number of hydrogen-bond acceptors (Lipinski definition) is 4. The van der Waals surface area contributed by atoms with E-state index in [1.807, 2.05) is 50.2 Å². The maximum absolute atomic E-state index is 13.4. The third-order valence-corrected chi connectivity index (χ3v) is 6.79. The molecule has 0 radical (unpaired) electrons. The second-order valence-corrected chi connectivity index (χ2v) is 9.01. The molecule has 1 N–H and O–H groups in total. The number of nitriles is 1. The van der Waals surface area contributed by atoms with Gasteiger partial charge < -0.3 is 10.2 Å². The first-order valence-corrected chi connectivity index (χ1v) is 11.3. The first-order chi connectivity index (χ1) is 15.7. The summed E-state index contributed by atoms with van der Waals surface area (Å²) in [7, 11) is 0. The molecule has 2 aromatic carbocycles. The Balaban J connectivity index is 1.57. The maximum Gasteiger partial charge on any atom is 0.325 e. The highest BCUT2D eigenvalue weighted by atomic mass is 16.2. The molecule has 1 unspecified atom stereocenters. The molecule has 1 aliphatic carbocycles. The van der Waals surface area contributed by atoms with Crippen LogP contribution in [0, 0.1) is 25.2 Å². The Kier molecular flexibility index (Phi) is 5.94. The zero-order valence-electron chi connectivity index (χ0n) is 19.3. The molecule has 1 heterocycles. The fourth-order valence-electron chi connectivity index (χ4n) is 4.59. The van der Waals surface area contributed by atoms with E-state index >= 15 is 0 Å². The largest absolute Gasteiger partial charge is 0.325 e. The number of urea groups is 1. The standard InChI is InChI=1S/C26H28N4O3/c1-17-8-11-22(14-18(17)2)29(13-5-12-27)23(31)16-30-24(32)26(3,28-25(30)33)21-10-9-19-6-4-7-20(19)15-21/h8-11,14-15H,4-7,13,16H2,1-3H3,(H,28,33). The van der Waals surface area contributed by atoms with Crippen molar-refractivity contribution < 1.29 is 14.4 Å². The third kappa shape index (κ3) is 4.09. The van der Waals surface area contributed by atoms with Gasteiger partial charge in [0.1, 0.15) is 12.1 Å². The van der Waals surface area contributed by atoms with Crippen LogP contribution in [0.5, 0.6) is 0 Å². The van der Waals surface area contributed by atoms with Gasteiger partial charge in [-0.3, -0.25) is 14.5 Å². The fraction of sp³-hybridized carbons (Fsp3) is 0.385. The molecule has 33 heavy (non-hydrogen) atoms. The van der Waals surface area contributed by atoms with Gasteiger partial charge in [-0.05, 0) is 80.0 Å². The number of nitrogens with one attached hydrogen (secondary N) is 1. The third-order valence-electron chi connectivity index (χ3n) is 6.79. The summed E-state index contributed by atoms with van der Waals surface area (Å²) in [6.45, 7) is 5.41. The minimum atomic E-state index is -1.22. The first kappa shape index (κ1) is 22.5. The van der Waals surface area contributed by atoms with Crippen LogP contribution in [0.15, 0.2) is 36.4 Å². The van der Waals surface area contributed by atoms with E-state index in [0.29, 0.717) is 5.69 Å². The van der Waals surface area contributed by atoms with E-state index in [1.54, 1.807) is 6.92 Å². The lowest BCUT2D eigenvalue weighted by atomic mass is 9.89. The quantitative estimate of drug-likeness (QED) is 0.690. The van der Waals surface area contributed by atoms with Crippen LogP contribution in [0.4, 0.5) is 10.5 Å². The second kappa shape index (κ2) is 8.70. The average Bonchev–Trinajstić information content (AvgIpc) is 3.34. The van der Waals surface area contributed by atoms with Crippen LogP contribution in [-0.2, 0) is 28.0 Å². The summed E-state index contributed by atoms with van der Waals surface area (Å²) in [5, 5.41) is 11.9. The molecular weight excluding hydrogens is 416 g/mol. The van der Waals surface area contributed by atoms with E-state index in [-0.39, 0.29) is 19.5 Å². The van der Waals surface area contributed by atoms with Crippen molar-refractivity contribution in [3.8, 4) is 6.07 Å². The van der Waals surface area contributed by atoms with Crippen LogP contribution in [0.3, 0.4) is 0 Å². The average molecular weight is 445 g/mol. The van der Waals surface area contributed by atoms with Gasteiger partial charge >= 0.3 is 6.03 Å². The van der Waals surface area contributed by atoms with Gasteiger partial charge in [-0.1, -0.05) is 24.3 Å². The molecule has 1 atom stereocenters. The molecule has 1 saturated heterocycles. The number of amides is 4. The van der Waals surface area contributed by atoms with Crippen molar-refractivity contribution in [2.45, 2.75) is 52.0 Å². The molecule has 4 amide bonds. The van der Waals surface area contributed by atoms with E-state index in [2.05, 4.69) is 11.4 Å². The van der Waals surface area contributed by atoms with Gasteiger partial charge in [0.2, 0.25) is 5.91 Å². The Morgan fingerprint density at radius 3 is 2.61 bits per heavy atom. The number of fused-ring (bicyclic) bond motifs is 1. The lowest BCUT2D eigenvalue weighted by Crippen LogP contribution is -2.45. The molecule has 2 aliphatic rings. The number of imide groups is 1. The molecule has 0 aromatic heterocycles. The Hall–Kier alpha value is -3.66. The van der Waals surface area contributed by atoms with Crippen molar-refractivity contribution >= 4 is 23.5 Å². The summed E-state index contributed by atoms with van der Waals surface area (Å²) in [5.74, 6) is -0.852. The summed E-state index contributed by atoms with van der Waals surface area (Å²) < 4.78 is 0. The highest BCUT2D eigenvalue weighted by Crippen LogP contribution is 2.32. The molecule has 7 heteroatoms. The molecule has 170 valence electrons. The molecule has 0 spiro atoms. The van der Waals surface area contributed by atoms with Crippen molar-refractivity contribution in [1.82, 2.24) is 10.2 Å². The molecule has 0 bridgehead atoms. The predicted octanol–water partition coefficient (Wildman–Crippen LogP) is 3.51. The van der Waals surface area contributed by atoms with Crippen LogP contribution < -0.4 is 10.2 Å². The zero-order valence-corrected chi connectivity index (χ0v) is 19.3. The van der Waals surface area contributed by atoms with Crippen LogP contribution in [0.2, 0.25) is 0 Å². The summed E-state index contributed by atoms with van der Waals surface area (Å²) in [5.41, 5.74) is 4.76.